The van der Waals surface area contributed by atoms with Crippen LogP contribution < -0.4 is 21.4 Å². The average molecular weight is 467 g/mol. The molecule has 1 fully saturated rings. The second kappa shape index (κ2) is 8.50. The van der Waals surface area contributed by atoms with Crippen molar-refractivity contribution in [1.29, 1.82) is 0 Å². The van der Waals surface area contributed by atoms with Gasteiger partial charge in [-0.15, -0.1) is 0 Å². The van der Waals surface area contributed by atoms with E-state index < -0.39 is 34.7 Å². The van der Waals surface area contributed by atoms with Crippen molar-refractivity contribution in [1.82, 2.24) is 14.5 Å². The Morgan fingerprint density at radius 2 is 1.85 bits per heavy atom. The van der Waals surface area contributed by atoms with Crippen LogP contribution in [0.25, 0.3) is 10.8 Å². The summed E-state index contributed by atoms with van der Waals surface area (Å²) in [5.74, 6) is -1.26. The Hall–Kier alpha value is -3.41. The van der Waals surface area contributed by atoms with Gasteiger partial charge in [0.15, 0.2) is 5.82 Å². The number of fused-ring (bicyclic) bond motifs is 1. The van der Waals surface area contributed by atoms with Crippen molar-refractivity contribution in [2.45, 2.75) is 19.1 Å². The van der Waals surface area contributed by atoms with Crippen LogP contribution in [0.4, 0.5) is 23.4 Å². The van der Waals surface area contributed by atoms with Crippen LogP contribution in [-0.2, 0) is 18.0 Å². The van der Waals surface area contributed by atoms with E-state index >= 15 is 0 Å². The smallest absolute Gasteiger partial charge is 0.378 e. The Labute approximate surface area is 185 Å². The number of pyridine rings is 1. The Kier molecular flexibility index (Phi) is 5.87. The lowest BCUT2D eigenvalue weighted by atomic mass is 10.0. The normalized spacial score (nSPS) is 15.6. The molecule has 12 heteroatoms. The number of benzene rings is 1. The van der Waals surface area contributed by atoms with E-state index in [1.54, 1.807) is 5.01 Å². The molecule has 4 rings (SSSR count). The number of aryl methyl sites for hydroxylation is 1. The molecule has 1 aliphatic rings. The maximum atomic E-state index is 14.6. The van der Waals surface area contributed by atoms with Gasteiger partial charge in [0, 0.05) is 24.9 Å². The molecule has 3 heterocycles. The second-order valence-electron chi connectivity index (χ2n) is 7.70. The molecule has 33 heavy (non-hydrogen) atoms. The summed E-state index contributed by atoms with van der Waals surface area (Å²) in [4.78, 5) is 25.3. The Morgan fingerprint density at radius 1 is 1.15 bits per heavy atom. The number of hydrogen-bond acceptors (Lipinski definition) is 6. The van der Waals surface area contributed by atoms with Crippen LogP contribution in [0.5, 0.6) is 0 Å². The van der Waals surface area contributed by atoms with Gasteiger partial charge in [0.05, 0.1) is 48.7 Å². The lowest BCUT2D eigenvalue weighted by Crippen LogP contribution is -2.48. The standard InChI is InChI=1S/C21H21F4N5O3/c1-12(13-4-3-5-16(18(13)22)21(23,24)25)26-19-15-11-30(29-6-8-33-9-7-29)17(31)10-14(15)20(32)28(2)27-19/h3-5,10-12H,6-9H2,1-2H3,(H,26,27)/t12-/m1/s1. The first-order valence-corrected chi connectivity index (χ1v) is 10.2. The van der Waals surface area contributed by atoms with Gasteiger partial charge < -0.3 is 15.1 Å². The van der Waals surface area contributed by atoms with Gasteiger partial charge in [0.25, 0.3) is 11.1 Å². The highest BCUT2D eigenvalue weighted by Crippen LogP contribution is 2.34. The number of nitrogens with one attached hydrogen (secondary N) is 1. The van der Waals surface area contributed by atoms with E-state index in [2.05, 4.69) is 10.4 Å². The fourth-order valence-corrected chi connectivity index (χ4v) is 3.79. The van der Waals surface area contributed by atoms with Gasteiger partial charge in [0.2, 0.25) is 0 Å². The van der Waals surface area contributed by atoms with Crippen molar-refractivity contribution in [3.05, 3.63) is 68.1 Å². The van der Waals surface area contributed by atoms with Crippen molar-refractivity contribution in [3.63, 3.8) is 0 Å². The fourth-order valence-electron chi connectivity index (χ4n) is 3.79. The minimum atomic E-state index is -4.84. The van der Waals surface area contributed by atoms with Gasteiger partial charge in [-0.1, -0.05) is 12.1 Å². The van der Waals surface area contributed by atoms with E-state index in [-0.39, 0.29) is 22.2 Å². The van der Waals surface area contributed by atoms with Gasteiger partial charge in [-0.2, -0.15) is 18.3 Å². The van der Waals surface area contributed by atoms with Crippen molar-refractivity contribution >= 4 is 16.6 Å². The summed E-state index contributed by atoms with van der Waals surface area (Å²) < 4.78 is 61.7. The molecular formula is C21H21F4N5O3. The third kappa shape index (κ3) is 4.30. The monoisotopic (exact) mass is 467 g/mol. The number of alkyl halides is 3. The molecule has 0 radical (unpaired) electrons. The topological polar surface area (TPSA) is 81.4 Å². The van der Waals surface area contributed by atoms with Crippen LogP contribution >= 0.6 is 0 Å². The first-order valence-electron chi connectivity index (χ1n) is 10.2. The number of morpholine rings is 1. The van der Waals surface area contributed by atoms with Crippen LogP contribution in [0.15, 0.2) is 40.1 Å². The predicted octanol–water partition coefficient (Wildman–Crippen LogP) is 2.39. The maximum Gasteiger partial charge on any atom is 0.419 e. The number of nitrogens with zero attached hydrogens (tertiary/aromatic N) is 4. The molecule has 2 aromatic heterocycles. The molecule has 0 amide bonds. The highest BCUT2D eigenvalue weighted by Gasteiger charge is 2.35. The number of hydrogen-bond donors (Lipinski definition) is 1. The molecule has 0 aliphatic carbocycles. The second-order valence-corrected chi connectivity index (χ2v) is 7.70. The number of aromatic nitrogens is 3. The summed E-state index contributed by atoms with van der Waals surface area (Å²) in [7, 11) is 1.38. The highest BCUT2D eigenvalue weighted by molar-refractivity contribution is 5.90. The SMILES string of the molecule is C[C@@H](Nc1nn(C)c(=O)c2cc(=O)n(N3CCOCC3)cc12)c1cccc(C(F)(F)F)c1F. The van der Waals surface area contributed by atoms with Crippen molar-refractivity contribution in [2.75, 3.05) is 36.6 Å². The van der Waals surface area contributed by atoms with E-state index in [0.29, 0.717) is 32.4 Å². The molecule has 1 aliphatic heterocycles. The maximum absolute atomic E-state index is 14.6. The van der Waals surface area contributed by atoms with Crippen LogP contribution in [0.3, 0.4) is 0 Å². The van der Waals surface area contributed by atoms with Gasteiger partial charge in [-0.05, 0) is 13.0 Å². The van der Waals surface area contributed by atoms with Gasteiger partial charge >= 0.3 is 6.18 Å². The lowest BCUT2D eigenvalue weighted by Gasteiger charge is -2.30. The molecule has 176 valence electrons. The Bertz CT molecular complexity index is 1310. The van der Waals surface area contributed by atoms with Gasteiger partial charge in [0.1, 0.15) is 5.82 Å². The zero-order valence-corrected chi connectivity index (χ0v) is 17.8. The van der Waals surface area contributed by atoms with E-state index in [1.165, 1.54) is 37.0 Å². The third-order valence-electron chi connectivity index (χ3n) is 5.51. The summed E-state index contributed by atoms with van der Waals surface area (Å²) >= 11 is 0. The van der Waals surface area contributed by atoms with Crippen molar-refractivity contribution in [2.24, 2.45) is 7.05 Å². The van der Waals surface area contributed by atoms with Crippen LogP contribution in [0.2, 0.25) is 0 Å². The quantitative estimate of drug-likeness (QED) is 0.594. The summed E-state index contributed by atoms with van der Waals surface area (Å²) in [5.41, 5.74) is -2.52. The van der Waals surface area contributed by atoms with Gasteiger partial charge in [-0.25, -0.2) is 13.7 Å². The largest absolute Gasteiger partial charge is 0.419 e. The molecule has 0 saturated carbocycles. The molecule has 1 saturated heterocycles. The fraction of sp³-hybridized carbons (Fsp3) is 0.381. The number of halogens is 4. The predicted molar refractivity (Wildman–Crippen MR) is 113 cm³/mol. The summed E-state index contributed by atoms with van der Waals surface area (Å²) in [6, 6.07) is 3.31. The van der Waals surface area contributed by atoms with E-state index in [0.717, 1.165) is 10.7 Å². The summed E-state index contributed by atoms with van der Waals surface area (Å²) in [6.45, 7) is 3.25. The first kappa shape index (κ1) is 22.8. The third-order valence-corrected chi connectivity index (χ3v) is 5.51. The average Bonchev–Trinajstić information content (AvgIpc) is 2.77. The van der Waals surface area contributed by atoms with Crippen molar-refractivity contribution < 1.29 is 22.3 Å². The van der Waals surface area contributed by atoms with Crippen LogP contribution in [0.1, 0.15) is 24.1 Å². The zero-order chi connectivity index (χ0) is 23.9. The Balaban J connectivity index is 1.80. The molecule has 1 atom stereocenters. The van der Waals surface area contributed by atoms with E-state index in [4.69, 9.17) is 4.74 Å². The number of anilines is 1. The molecule has 1 N–H and O–H groups in total. The molecular weight excluding hydrogens is 446 g/mol. The molecule has 3 aromatic rings. The van der Waals surface area contributed by atoms with E-state index in [9.17, 15) is 27.2 Å². The number of rotatable bonds is 4. The minimum absolute atomic E-state index is 0.0845. The first-order chi connectivity index (χ1) is 15.6. The minimum Gasteiger partial charge on any atom is -0.378 e. The Morgan fingerprint density at radius 3 is 2.52 bits per heavy atom. The van der Waals surface area contributed by atoms with Gasteiger partial charge in [-0.3, -0.25) is 9.59 Å². The highest BCUT2D eigenvalue weighted by atomic mass is 19.4. The molecule has 1 aromatic carbocycles. The van der Waals surface area contributed by atoms with Crippen LogP contribution in [0, 0.1) is 5.82 Å². The van der Waals surface area contributed by atoms with E-state index in [1.807, 2.05) is 0 Å². The summed E-state index contributed by atoms with van der Waals surface area (Å²) in [6.07, 6.45) is -3.38. The molecule has 0 spiro atoms. The summed E-state index contributed by atoms with van der Waals surface area (Å²) in [5, 5.41) is 9.19. The number of ether oxygens (including phenoxy) is 1. The van der Waals surface area contributed by atoms with Crippen LogP contribution in [-0.4, -0.2) is 40.8 Å². The zero-order valence-electron chi connectivity index (χ0n) is 17.8. The molecule has 0 unspecified atom stereocenters. The lowest BCUT2D eigenvalue weighted by molar-refractivity contribution is -0.140. The molecule has 8 nitrogen and oxygen atoms in total. The molecule has 0 bridgehead atoms. The van der Waals surface area contributed by atoms with Crippen molar-refractivity contribution in [3.8, 4) is 0 Å².